The van der Waals surface area contributed by atoms with E-state index in [1.54, 1.807) is 30.6 Å². The van der Waals surface area contributed by atoms with Gasteiger partial charge in [0, 0.05) is 28.0 Å². The number of rotatable bonds is 9. The van der Waals surface area contributed by atoms with Crippen molar-refractivity contribution in [2.75, 3.05) is 19.4 Å². The topological polar surface area (TPSA) is 38.3 Å². The van der Waals surface area contributed by atoms with Gasteiger partial charge in [-0.1, -0.05) is 23.7 Å². The van der Waals surface area contributed by atoms with E-state index in [1.807, 2.05) is 55.5 Å². The quantitative estimate of drug-likeness (QED) is 0.485. The van der Waals surface area contributed by atoms with Crippen molar-refractivity contribution in [3.05, 3.63) is 59.1 Å². The molecule has 1 amide bonds. The van der Waals surface area contributed by atoms with Crippen molar-refractivity contribution in [3.8, 4) is 5.75 Å². The van der Waals surface area contributed by atoms with Gasteiger partial charge in [0.25, 0.3) is 0 Å². The summed E-state index contributed by atoms with van der Waals surface area (Å²) in [5.41, 5.74) is 1.24. The van der Waals surface area contributed by atoms with Crippen LogP contribution in [0, 0.1) is 0 Å². The second-order valence-corrected chi connectivity index (χ2v) is 8.36. The van der Waals surface area contributed by atoms with Crippen LogP contribution in [0.1, 0.15) is 12.5 Å². The molecule has 134 valence electrons. The zero-order chi connectivity index (χ0) is 18.1. The molecular weight excluding hydrogens is 374 g/mol. The Labute approximate surface area is 162 Å². The molecule has 0 saturated carbocycles. The third-order valence-corrected chi connectivity index (χ3v) is 5.86. The predicted molar refractivity (Wildman–Crippen MR) is 109 cm³/mol. The third kappa shape index (κ3) is 7.22. The molecule has 0 unspecified atom stereocenters. The Hall–Kier alpha value is -1.30. The molecule has 0 saturated heterocycles. The molecule has 0 aliphatic heterocycles. The number of hydrogen-bond acceptors (Lipinski definition) is 4. The number of benzene rings is 2. The van der Waals surface area contributed by atoms with E-state index in [2.05, 4.69) is 5.32 Å². The molecule has 2 aromatic rings. The van der Waals surface area contributed by atoms with E-state index in [1.165, 1.54) is 5.56 Å². The van der Waals surface area contributed by atoms with Crippen molar-refractivity contribution in [3.63, 3.8) is 0 Å². The van der Waals surface area contributed by atoms with Gasteiger partial charge in [0.05, 0.1) is 12.4 Å². The number of thioether (sulfide) groups is 2. The minimum atomic E-state index is -0.130. The number of hydrogen-bond donors (Lipinski definition) is 1. The van der Waals surface area contributed by atoms with Crippen LogP contribution in [0.3, 0.4) is 0 Å². The molecule has 6 heteroatoms. The number of amides is 1. The molecule has 0 aromatic heterocycles. The largest absolute Gasteiger partial charge is 0.497 e. The Morgan fingerprint density at radius 3 is 2.48 bits per heavy atom. The van der Waals surface area contributed by atoms with Crippen LogP contribution in [0.25, 0.3) is 0 Å². The minimum absolute atomic E-state index is 0.0629. The van der Waals surface area contributed by atoms with E-state index in [0.717, 1.165) is 27.2 Å². The van der Waals surface area contributed by atoms with Gasteiger partial charge in [-0.25, -0.2) is 0 Å². The van der Waals surface area contributed by atoms with Gasteiger partial charge in [0.1, 0.15) is 5.75 Å². The smallest absolute Gasteiger partial charge is 0.233 e. The van der Waals surface area contributed by atoms with Crippen molar-refractivity contribution in [2.45, 2.75) is 22.8 Å². The minimum Gasteiger partial charge on any atom is -0.497 e. The van der Waals surface area contributed by atoms with Crippen molar-refractivity contribution in [1.29, 1.82) is 0 Å². The second-order valence-electron chi connectivity index (χ2n) is 5.41. The zero-order valence-corrected chi connectivity index (χ0v) is 16.7. The first-order valence-corrected chi connectivity index (χ1v) is 10.4. The maximum Gasteiger partial charge on any atom is 0.233 e. The SMILES string of the molecule is COc1ccc(S[C@H](C)C(=O)NCCSCc2ccc(Cl)cc2)cc1. The van der Waals surface area contributed by atoms with Crippen LogP contribution in [-0.2, 0) is 10.5 Å². The summed E-state index contributed by atoms with van der Waals surface area (Å²) in [6.07, 6.45) is 0. The fourth-order valence-electron chi connectivity index (χ4n) is 2.07. The van der Waals surface area contributed by atoms with Crippen molar-refractivity contribution in [1.82, 2.24) is 5.32 Å². The van der Waals surface area contributed by atoms with Crippen LogP contribution in [0.15, 0.2) is 53.4 Å². The van der Waals surface area contributed by atoms with Gasteiger partial charge in [0.15, 0.2) is 0 Å². The second kappa shape index (κ2) is 10.6. The lowest BCUT2D eigenvalue weighted by atomic mass is 10.2. The summed E-state index contributed by atoms with van der Waals surface area (Å²) in [6.45, 7) is 2.59. The summed E-state index contributed by atoms with van der Waals surface area (Å²) >= 11 is 9.21. The molecule has 2 aromatic carbocycles. The molecule has 0 aliphatic carbocycles. The first kappa shape index (κ1) is 20.0. The zero-order valence-electron chi connectivity index (χ0n) is 14.3. The Balaban J connectivity index is 1.64. The van der Waals surface area contributed by atoms with Gasteiger partial charge in [-0.2, -0.15) is 11.8 Å². The number of methoxy groups -OCH3 is 1. The average molecular weight is 396 g/mol. The van der Waals surface area contributed by atoms with E-state index < -0.39 is 0 Å². The van der Waals surface area contributed by atoms with Crippen LogP contribution >= 0.6 is 35.1 Å². The first-order valence-electron chi connectivity index (χ1n) is 7.99. The Morgan fingerprint density at radius 1 is 1.16 bits per heavy atom. The summed E-state index contributed by atoms with van der Waals surface area (Å²) in [4.78, 5) is 13.2. The predicted octanol–water partition coefficient (Wildman–Crippen LogP) is 4.88. The molecule has 25 heavy (non-hydrogen) atoms. The number of nitrogens with one attached hydrogen (secondary N) is 1. The fraction of sp³-hybridized carbons (Fsp3) is 0.316. The molecule has 0 bridgehead atoms. The number of carbonyl (C=O) groups excluding carboxylic acids is 1. The highest BCUT2D eigenvalue weighted by Crippen LogP contribution is 2.25. The number of halogens is 1. The highest BCUT2D eigenvalue weighted by molar-refractivity contribution is 8.00. The summed E-state index contributed by atoms with van der Waals surface area (Å²) in [5, 5.41) is 3.62. The molecule has 3 nitrogen and oxygen atoms in total. The van der Waals surface area contributed by atoms with E-state index in [9.17, 15) is 4.79 Å². The molecular formula is C19H22ClNO2S2. The number of ether oxygens (including phenoxy) is 1. The van der Waals surface area contributed by atoms with Gasteiger partial charge < -0.3 is 10.1 Å². The molecule has 1 atom stereocenters. The first-order chi connectivity index (χ1) is 12.1. The maximum atomic E-state index is 12.2. The maximum absolute atomic E-state index is 12.2. The van der Waals surface area contributed by atoms with Gasteiger partial charge in [-0.05, 0) is 48.9 Å². The molecule has 0 spiro atoms. The van der Waals surface area contributed by atoms with E-state index >= 15 is 0 Å². The highest BCUT2D eigenvalue weighted by atomic mass is 35.5. The summed E-state index contributed by atoms with van der Waals surface area (Å²) in [6, 6.07) is 15.6. The van der Waals surface area contributed by atoms with Crippen molar-refractivity contribution < 1.29 is 9.53 Å². The Bertz CT molecular complexity index is 662. The van der Waals surface area contributed by atoms with Crippen LogP contribution in [0.5, 0.6) is 5.75 Å². The van der Waals surface area contributed by atoms with Crippen LogP contribution in [-0.4, -0.2) is 30.6 Å². The lowest BCUT2D eigenvalue weighted by Crippen LogP contribution is -2.32. The lowest BCUT2D eigenvalue weighted by molar-refractivity contribution is -0.120. The van der Waals surface area contributed by atoms with E-state index in [4.69, 9.17) is 16.3 Å². The molecule has 1 N–H and O–H groups in total. The van der Waals surface area contributed by atoms with E-state index in [0.29, 0.717) is 6.54 Å². The van der Waals surface area contributed by atoms with Crippen LogP contribution in [0.2, 0.25) is 5.02 Å². The molecule has 0 fully saturated rings. The van der Waals surface area contributed by atoms with Gasteiger partial charge in [-0.3, -0.25) is 4.79 Å². The normalized spacial score (nSPS) is 11.8. The number of carbonyl (C=O) groups is 1. The molecule has 0 aliphatic rings. The van der Waals surface area contributed by atoms with Gasteiger partial charge >= 0.3 is 0 Å². The van der Waals surface area contributed by atoms with Gasteiger partial charge in [0.2, 0.25) is 5.91 Å². The summed E-state index contributed by atoms with van der Waals surface area (Å²) < 4.78 is 5.14. The molecule has 0 radical (unpaired) electrons. The Kier molecular flexibility index (Phi) is 8.52. The molecule has 2 rings (SSSR count). The van der Waals surface area contributed by atoms with Crippen molar-refractivity contribution in [2.24, 2.45) is 0 Å². The standard InChI is InChI=1S/C19H22ClNO2S2/c1-14(25-18-9-7-17(23-2)8-10-18)19(22)21-11-12-24-13-15-3-5-16(20)6-4-15/h3-10,14H,11-13H2,1-2H3,(H,21,22)/t14-/m1/s1. The molecule has 0 heterocycles. The highest BCUT2D eigenvalue weighted by Gasteiger charge is 2.13. The van der Waals surface area contributed by atoms with E-state index in [-0.39, 0.29) is 11.2 Å². The third-order valence-electron chi connectivity index (χ3n) is 3.47. The van der Waals surface area contributed by atoms with Crippen LogP contribution in [0.4, 0.5) is 0 Å². The summed E-state index contributed by atoms with van der Waals surface area (Å²) in [7, 11) is 1.64. The van der Waals surface area contributed by atoms with Crippen LogP contribution < -0.4 is 10.1 Å². The van der Waals surface area contributed by atoms with Crippen molar-refractivity contribution >= 4 is 41.0 Å². The Morgan fingerprint density at radius 2 is 1.84 bits per heavy atom. The average Bonchev–Trinajstić information content (AvgIpc) is 2.63. The lowest BCUT2D eigenvalue weighted by Gasteiger charge is -2.12. The van der Waals surface area contributed by atoms with Gasteiger partial charge in [-0.15, -0.1) is 11.8 Å². The monoisotopic (exact) mass is 395 g/mol. The fourth-order valence-corrected chi connectivity index (χ4v) is 3.91. The summed E-state index contributed by atoms with van der Waals surface area (Å²) in [5.74, 6) is 2.68.